The first-order valence-electron chi connectivity index (χ1n) is 4.48. The Kier molecular flexibility index (Phi) is 7.99. The molecule has 0 amide bonds. The molecular weight excluding hydrogens is 214 g/mol. The Morgan fingerprint density at radius 3 is 2.50 bits per heavy atom. The van der Waals surface area contributed by atoms with Crippen molar-refractivity contribution in [1.29, 1.82) is 0 Å². The summed E-state index contributed by atoms with van der Waals surface area (Å²) in [7, 11) is 0. The van der Waals surface area contributed by atoms with E-state index in [1.54, 1.807) is 6.26 Å². The summed E-state index contributed by atoms with van der Waals surface area (Å²) in [6, 6.07) is 0. The Bertz CT molecular complexity index is 243. The van der Waals surface area contributed by atoms with Crippen LogP contribution in [-0.4, -0.2) is 16.4 Å². The largest absolute Gasteiger partial charge is 0.272 e. The minimum Gasteiger partial charge on any atom is -0.272 e. The van der Waals surface area contributed by atoms with Gasteiger partial charge in [0.05, 0.1) is 11.9 Å². The van der Waals surface area contributed by atoms with Gasteiger partial charge in [-0.3, -0.25) is 4.79 Å². The monoisotopic (exact) mass is 231 g/mol. The highest BCUT2D eigenvalue weighted by atomic mass is 32.2. The minimum absolute atomic E-state index is 0.0477. The lowest BCUT2D eigenvalue weighted by Gasteiger charge is -1.96. The normalized spacial score (nSPS) is 11.3. The minimum atomic E-state index is 0.0477. The Balaban J connectivity index is 3.78. The van der Waals surface area contributed by atoms with Crippen LogP contribution in [0.4, 0.5) is 4.79 Å². The number of carbonyl (C=O) groups excluding carboxylic acids is 1. The molecule has 0 radical (unpaired) electrons. The number of nitrogens with zero attached hydrogens (tertiary/aromatic N) is 1. The lowest BCUT2D eigenvalue weighted by atomic mass is 10.2. The van der Waals surface area contributed by atoms with Crippen LogP contribution in [-0.2, 0) is 0 Å². The first-order valence-corrected chi connectivity index (χ1v) is 6.48. The van der Waals surface area contributed by atoms with Crippen molar-refractivity contribution >= 4 is 33.9 Å². The topological polar surface area (TPSA) is 29.4 Å². The highest BCUT2D eigenvalue weighted by Crippen LogP contribution is 2.15. The van der Waals surface area contributed by atoms with Crippen molar-refractivity contribution in [3.05, 3.63) is 11.6 Å². The maximum absolute atomic E-state index is 10.9. The van der Waals surface area contributed by atoms with Crippen LogP contribution in [0, 0.1) is 0 Å². The van der Waals surface area contributed by atoms with Crippen molar-refractivity contribution in [1.82, 2.24) is 0 Å². The van der Waals surface area contributed by atoms with Gasteiger partial charge in [-0.25, -0.2) is 4.40 Å². The van der Waals surface area contributed by atoms with E-state index in [1.807, 2.05) is 6.92 Å². The van der Waals surface area contributed by atoms with E-state index in [9.17, 15) is 4.79 Å². The fraction of sp³-hybridized carbons (Fsp3) is 0.600. The number of hydrogen-bond donors (Lipinski definition) is 0. The van der Waals surface area contributed by atoms with Crippen LogP contribution >= 0.6 is 23.7 Å². The maximum Gasteiger partial charge on any atom is 0.267 e. The van der Waals surface area contributed by atoms with Crippen LogP contribution in [0.2, 0.25) is 0 Å². The summed E-state index contributed by atoms with van der Waals surface area (Å²) in [5.41, 5.74) is 2.35. The Labute approximate surface area is 94.8 Å². The van der Waals surface area contributed by atoms with Gasteiger partial charge in [-0.2, -0.15) is 0 Å². The van der Waals surface area contributed by atoms with Gasteiger partial charge in [0.2, 0.25) is 0 Å². The molecule has 0 N–H and O–H groups in total. The van der Waals surface area contributed by atoms with E-state index in [0.29, 0.717) is 0 Å². The molecule has 0 unspecified atom stereocenters. The molecule has 0 fully saturated rings. The Hall–Kier alpha value is -0.220. The van der Waals surface area contributed by atoms with Crippen LogP contribution in [0.3, 0.4) is 0 Å². The quantitative estimate of drug-likeness (QED) is 0.410. The van der Waals surface area contributed by atoms with Gasteiger partial charge in [0.1, 0.15) is 0 Å². The number of carbonyl (C=O) groups is 1. The van der Waals surface area contributed by atoms with E-state index in [1.165, 1.54) is 17.3 Å². The summed E-state index contributed by atoms with van der Waals surface area (Å²) in [5.74, 6) is 0. The van der Waals surface area contributed by atoms with Crippen LogP contribution in [0.15, 0.2) is 16.0 Å². The summed E-state index contributed by atoms with van der Waals surface area (Å²) in [6.07, 6.45) is 5.88. The fourth-order valence-corrected chi connectivity index (χ4v) is 1.50. The molecule has 0 rings (SSSR count). The van der Waals surface area contributed by atoms with Crippen molar-refractivity contribution < 1.29 is 4.79 Å². The van der Waals surface area contributed by atoms with Crippen LogP contribution in [0.25, 0.3) is 0 Å². The molecule has 80 valence electrons. The molecule has 0 aromatic rings. The molecule has 0 aliphatic carbocycles. The van der Waals surface area contributed by atoms with E-state index in [4.69, 9.17) is 0 Å². The zero-order valence-corrected chi connectivity index (χ0v) is 10.8. The second-order valence-corrected chi connectivity index (χ2v) is 4.97. The molecule has 0 saturated heterocycles. The molecule has 0 aromatic carbocycles. The molecule has 0 spiro atoms. The number of hydrogen-bond acceptors (Lipinski definition) is 4. The van der Waals surface area contributed by atoms with Gasteiger partial charge >= 0.3 is 0 Å². The molecule has 0 saturated carbocycles. The average molecular weight is 231 g/mol. The lowest BCUT2D eigenvalue weighted by Crippen LogP contribution is -1.89. The third-order valence-electron chi connectivity index (χ3n) is 1.50. The lowest BCUT2D eigenvalue weighted by molar-refractivity contribution is 0.276. The van der Waals surface area contributed by atoms with Crippen LogP contribution < -0.4 is 0 Å². The number of rotatable bonds is 4. The Morgan fingerprint density at radius 1 is 1.36 bits per heavy atom. The van der Waals surface area contributed by atoms with Gasteiger partial charge in [-0.1, -0.05) is 23.4 Å². The van der Waals surface area contributed by atoms with E-state index in [-0.39, 0.29) is 4.45 Å². The van der Waals surface area contributed by atoms with Gasteiger partial charge < -0.3 is 0 Å². The zero-order chi connectivity index (χ0) is 11.0. The first-order chi connectivity index (χ1) is 6.56. The average Bonchev–Trinajstić information content (AvgIpc) is 2.13. The molecule has 2 nitrogen and oxygen atoms in total. The predicted octanol–water partition coefficient (Wildman–Crippen LogP) is 4.32. The van der Waals surface area contributed by atoms with Crippen LogP contribution in [0.5, 0.6) is 0 Å². The third kappa shape index (κ3) is 8.38. The maximum atomic E-state index is 10.9. The smallest absolute Gasteiger partial charge is 0.267 e. The predicted molar refractivity (Wildman–Crippen MR) is 68.3 cm³/mol. The van der Waals surface area contributed by atoms with Crippen LogP contribution in [0.1, 0.15) is 33.6 Å². The number of allylic oxidation sites excluding steroid dienone is 2. The fourth-order valence-electron chi connectivity index (χ4n) is 0.768. The summed E-state index contributed by atoms with van der Waals surface area (Å²) in [4.78, 5) is 10.9. The van der Waals surface area contributed by atoms with Gasteiger partial charge in [-0.15, -0.1) is 0 Å². The van der Waals surface area contributed by atoms with Gasteiger partial charge in [0, 0.05) is 5.71 Å². The van der Waals surface area contributed by atoms with Gasteiger partial charge in [-0.05, 0) is 39.9 Å². The molecule has 0 heterocycles. The van der Waals surface area contributed by atoms with Gasteiger partial charge in [0.15, 0.2) is 0 Å². The van der Waals surface area contributed by atoms with E-state index in [2.05, 4.69) is 24.3 Å². The van der Waals surface area contributed by atoms with E-state index >= 15 is 0 Å². The summed E-state index contributed by atoms with van der Waals surface area (Å²) < 4.78 is 4.17. The second-order valence-electron chi connectivity index (χ2n) is 3.19. The standard InChI is InChI=1S/C10H17NOS2/c1-8(2)6-5-7-9(3)11-14-10(12)13-4/h6H,5,7H2,1-4H3/b11-9+. The molecule has 14 heavy (non-hydrogen) atoms. The van der Waals surface area contributed by atoms with Crippen molar-refractivity contribution in [2.45, 2.75) is 33.6 Å². The third-order valence-corrected chi connectivity index (χ3v) is 3.11. The Morgan fingerprint density at radius 2 is 2.00 bits per heavy atom. The van der Waals surface area contributed by atoms with Gasteiger partial charge in [0.25, 0.3) is 4.45 Å². The molecule has 0 aliphatic rings. The first kappa shape index (κ1) is 13.8. The molecule has 0 bridgehead atoms. The SMILES string of the molecule is CSC(=O)S/N=C(\C)CCC=C(C)C. The van der Waals surface area contributed by atoms with Crippen molar-refractivity contribution in [2.24, 2.45) is 4.40 Å². The second kappa shape index (κ2) is 8.12. The highest BCUT2D eigenvalue weighted by Gasteiger charge is 1.98. The summed E-state index contributed by atoms with van der Waals surface area (Å²) in [5, 5.41) is 0. The van der Waals surface area contributed by atoms with E-state index < -0.39 is 0 Å². The molecule has 4 heteroatoms. The van der Waals surface area contributed by atoms with E-state index in [0.717, 1.165) is 30.5 Å². The zero-order valence-electron chi connectivity index (χ0n) is 9.16. The highest BCUT2D eigenvalue weighted by molar-refractivity contribution is 8.37. The van der Waals surface area contributed by atoms with Crippen molar-refractivity contribution in [3.8, 4) is 0 Å². The molecule has 0 aliphatic heterocycles. The molecular formula is C10H17NOS2. The summed E-state index contributed by atoms with van der Waals surface area (Å²) in [6.45, 7) is 6.12. The molecule has 0 aromatic heterocycles. The molecule has 0 atom stereocenters. The number of thioether (sulfide) groups is 1. The summed E-state index contributed by atoms with van der Waals surface area (Å²) >= 11 is 2.24. The van der Waals surface area contributed by atoms with Crippen molar-refractivity contribution in [3.63, 3.8) is 0 Å². The van der Waals surface area contributed by atoms with Crippen molar-refractivity contribution in [2.75, 3.05) is 6.26 Å².